The van der Waals surface area contributed by atoms with E-state index < -0.39 is 5.97 Å². The molecule has 0 N–H and O–H groups in total. The van der Waals surface area contributed by atoms with Crippen LogP contribution in [0.4, 0.5) is 0 Å². The van der Waals surface area contributed by atoms with Crippen molar-refractivity contribution in [3.8, 4) is 5.75 Å². The number of aliphatic carboxylic acids is 1. The molecule has 0 fully saturated rings. The third-order valence-corrected chi connectivity index (χ3v) is 5.14. The van der Waals surface area contributed by atoms with E-state index in [0.717, 1.165) is 27.1 Å². The van der Waals surface area contributed by atoms with Gasteiger partial charge >= 0.3 is 0 Å². The Morgan fingerprint density at radius 2 is 1.82 bits per heavy atom. The number of ether oxygens (including phenoxy) is 1. The van der Waals surface area contributed by atoms with Gasteiger partial charge in [-0.1, -0.05) is 28.1 Å². The molecule has 0 aromatic heterocycles. The van der Waals surface area contributed by atoms with Crippen molar-refractivity contribution < 1.29 is 19.4 Å². The van der Waals surface area contributed by atoms with E-state index in [2.05, 4.69) is 21.0 Å². The van der Waals surface area contributed by atoms with Crippen LogP contribution in [-0.2, 0) is 9.59 Å². The lowest BCUT2D eigenvalue weighted by atomic mass is 9.98. The lowest BCUT2D eigenvalue weighted by molar-refractivity contribution is -0.305. The van der Waals surface area contributed by atoms with E-state index in [9.17, 15) is 14.7 Å². The fraction of sp³-hybridized carbons (Fsp3) is 0.286. The number of nitrogens with zero attached hydrogens (tertiary/aromatic N) is 2. The summed E-state index contributed by atoms with van der Waals surface area (Å²) >= 11 is 3.43. The summed E-state index contributed by atoms with van der Waals surface area (Å²) in [6.45, 7) is 0. The molecule has 146 valence electrons. The Morgan fingerprint density at radius 1 is 1.14 bits per heavy atom. The van der Waals surface area contributed by atoms with Gasteiger partial charge in [-0.2, -0.15) is 5.10 Å². The fourth-order valence-electron chi connectivity index (χ4n) is 3.14. The highest BCUT2D eigenvalue weighted by Crippen LogP contribution is 2.34. The molecule has 3 rings (SSSR count). The quantitative estimate of drug-likeness (QED) is 0.658. The minimum Gasteiger partial charge on any atom is -0.550 e. The Balaban J connectivity index is 1.84. The van der Waals surface area contributed by atoms with E-state index in [-0.39, 0.29) is 31.2 Å². The fourth-order valence-corrected chi connectivity index (χ4v) is 3.41. The van der Waals surface area contributed by atoms with Gasteiger partial charge in [0.1, 0.15) is 5.75 Å². The number of methoxy groups -OCH3 is 1. The molecule has 1 amide bonds. The predicted molar refractivity (Wildman–Crippen MR) is 107 cm³/mol. The lowest BCUT2D eigenvalue weighted by Crippen LogP contribution is -2.28. The second-order valence-electron chi connectivity index (χ2n) is 6.51. The summed E-state index contributed by atoms with van der Waals surface area (Å²) in [5.41, 5.74) is 2.71. The highest BCUT2D eigenvalue weighted by Gasteiger charge is 2.32. The van der Waals surface area contributed by atoms with Crippen molar-refractivity contribution in [3.05, 3.63) is 64.1 Å². The Morgan fingerprint density at radius 3 is 2.43 bits per heavy atom. The molecular weight excluding hydrogens is 424 g/mol. The Labute approximate surface area is 171 Å². The lowest BCUT2D eigenvalue weighted by Gasteiger charge is -2.22. The van der Waals surface area contributed by atoms with Gasteiger partial charge in [-0.3, -0.25) is 4.79 Å². The van der Waals surface area contributed by atoms with Gasteiger partial charge in [0.05, 0.1) is 18.9 Å². The highest BCUT2D eigenvalue weighted by atomic mass is 79.9. The van der Waals surface area contributed by atoms with Crippen molar-refractivity contribution in [2.45, 2.75) is 31.7 Å². The predicted octanol–water partition coefficient (Wildman–Crippen LogP) is 3.06. The molecule has 0 aliphatic carbocycles. The maximum Gasteiger partial charge on any atom is 0.243 e. The first-order valence-electron chi connectivity index (χ1n) is 8.97. The van der Waals surface area contributed by atoms with Gasteiger partial charge in [-0.15, -0.1) is 0 Å². The topological polar surface area (TPSA) is 82.0 Å². The van der Waals surface area contributed by atoms with Crippen LogP contribution in [0, 0.1) is 0 Å². The van der Waals surface area contributed by atoms with Crippen LogP contribution >= 0.6 is 15.9 Å². The zero-order chi connectivity index (χ0) is 20.1. The first kappa shape index (κ1) is 20.1. The SMILES string of the molecule is COc1ccc(C2=NN(C(=O)CCCC(=O)[O-])[C@@H](c3ccc(Br)cc3)C2)cc1. The summed E-state index contributed by atoms with van der Waals surface area (Å²) in [4.78, 5) is 23.4. The van der Waals surface area contributed by atoms with Crippen LogP contribution < -0.4 is 9.84 Å². The first-order chi connectivity index (χ1) is 13.5. The number of carbonyl (C=O) groups is 2. The largest absolute Gasteiger partial charge is 0.550 e. The smallest absolute Gasteiger partial charge is 0.243 e. The van der Waals surface area contributed by atoms with E-state index in [1.54, 1.807) is 7.11 Å². The number of rotatable bonds is 7. The van der Waals surface area contributed by atoms with Gasteiger partial charge in [0.15, 0.2) is 0 Å². The third kappa shape index (κ3) is 4.78. The van der Waals surface area contributed by atoms with Gasteiger partial charge in [0, 0.05) is 23.3 Å². The number of amides is 1. The van der Waals surface area contributed by atoms with Crippen LogP contribution in [0.5, 0.6) is 5.75 Å². The van der Waals surface area contributed by atoms with E-state index in [1.165, 1.54) is 5.01 Å². The number of hydrogen-bond acceptors (Lipinski definition) is 5. The van der Waals surface area contributed by atoms with Gasteiger partial charge in [0.25, 0.3) is 0 Å². The first-order valence-corrected chi connectivity index (χ1v) is 9.76. The molecule has 0 radical (unpaired) electrons. The molecule has 6 nitrogen and oxygen atoms in total. The average molecular weight is 444 g/mol. The van der Waals surface area contributed by atoms with Gasteiger partial charge in [0.2, 0.25) is 5.91 Å². The number of carboxylic acid groups (broad SMARTS) is 1. The minimum absolute atomic E-state index is 0.112. The van der Waals surface area contributed by atoms with Gasteiger partial charge in [-0.25, -0.2) is 5.01 Å². The number of carbonyl (C=O) groups excluding carboxylic acids is 2. The molecule has 1 heterocycles. The summed E-state index contributed by atoms with van der Waals surface area (Å²) in [7, 11) is 1.61. The Hall–Kier alpha value is -2.67. The maximum absolute atomic E-state index is 12.7. The molecule has 7 heteroatoms. The summed E-state index contributed by atoms with van der Waals surface area (Å²) in [5.74, 6) is -0.596. The molecule has 0 saturated heterocycles. The maximum atomic E-state index is 12.7. The number of halogens is 1. The third-order valence-electron chi connectivity index (χ3n) is 4.62. The number of hydrogen-bond donors (Lipinski definition) is 0. The molecular formula is C21H20BrN2O4-. The summed E-state index contributed by atoms with van der Waals surface area (Å²) in [5, 5.41) is 16.7. The number of benzene rings is 2. The molecule has 2 aromatic carbocycles. The van der Waals surface area contributed by atoms with E-state index in [0.29, 0.717) is 6.42 Å². The van der Waals surface area contributed by atoms with Crippen molar-refractivity contribution in [1.29, 1.82) is 0 Å². The Bertz CT molecular complexity index is 878. The van der Waals surface area contributed by atoms with Crippen LogP contribution in [0.15, 0.2) is 58.1 Å². The number of carboxylic acids is 1. The van der Waals surface area contributed by atoms with Crippen LogP contribution in [0.25, 0.3) is 0 Å². The van der Waals surface area contributed by atoms with Crippen molar-refractivity contribution >= 4 is 33.5 Å². The monoisotopic (exact) mass is 443 g/mol. The zero-order valence-corrected chi connectivity index (χ0v) is 17.0. The van der Waals surface area contributed by atoms with Crippen molar-refractivity contribution in [1.82, 2.24) is 5.01 Å². The Kier molecular flexibility index (Phi) is 6.46. The summed E-state index contributed by atoms with van der Waals surface area (Å²) in [6.07, 6.45) is 0.788. The molecule has 1 aliphatic rings. The number of hydrazone groups is 1. The standard InChI is InChI=1S/C21H21BrN2O4/c1-28-17-11-7-14(8-12-17)18-13-19(15-5-9-16(22)10-6-15)24(23-18)20(25)3-2-4-21(26)27/h5-12,19H,2-4,13H2,1H3,(H,26,27)/p-1/t19-/m1/s1. The summed E-state index contributed by atoms with van der Waals surface area (Å²) in [6, 6.07) is 15.1. The van der Waals surface area contributed by atoms with Crippen LogP contribution in [0.1, 0.15) is 42.9 Å². The van der Waals surface area contributed by atoms with Crippen molar-refractivity contribution in [2.24, 2.45) is 5.10 Å². The van der Waals surface area contributed by atoms with E-state index in [4.69, 9.17) is 4.74 Å². The molecule has 28 heavy (non-hydrogen) atoms. The van der Waals surface area contributed by atoms with Crippen molar-refractivity contribution in [3.63, 3.8) is 0 Å². The van der Waals surface area contributed by atoms with E-state index >= 15 is 0 Å². The normalized spacial score (nSPS) is 16.0. The minimum atomic E-state index is -1.15. The van der Waals surface area contributed by atoms with Crippen LogP contribution in [0.2, 0.25) is 0 Å². The average Bonchev–Trinajstić information content (AvgIpc) is 3.14. The molecule has 1 atom stereocenters. The second kappa shape index (κ2) is 9.01. The summed E-state index contributed by atoms with van der Waals surface area (Å²) < 4.78 is 6.15. The molecule has 0 unspecified atom stereocenters. The van der Waals surface area contributed by atoms with Crippen LogP contribution in [0.3, 0.4) is 0 Å². The van der Waals surface area contributed by atoms with E-state index in [1.807, 2.05) is 48.5 Å². The van der Waals surface area contributed by atoms with Gasteiger partial charge in [-0.05, 0) is 60.4 Å². The highest BCUT2D eigenvalue weighted by molar-refractivity contribution is 9.10. The zero-order valence-electron chi connectivity index (χ0n) is 15.4. The van der Waals surface area contributed by atoms with Crippen molar-refractivity contribution in [2.75, 3.05) is 7.11 Å². The van der Waals surface area contributed by atoms with Crippen LogP contribution in [-0.4, -0.2) is 29.7 Å². The van der Waals surface area contributed by atoms with Gasteiger partial charge < -0.3 is 14.6 Å². The molecule has 0 bridgehead atoms. The second-order valence-corrected chi connectivity index (χ2v) is 7.43. The molecule has 0 spiro atoms. The molecule has 0 saturated carbocycles. The molecule has 2 aromatic rings. The molecule has 1 aliphatic heterocycles.